The molecule has 1 rings (SSSR count). The average Bonchev–Trinajstić information content (AvgIpc) is 2.03. The molecule has 1 aliphatic rings. The Morgan fingerprint density at radius 3 is 2.69 bits per heavy atom. The standard InChI is InChI=1S/C7H16NO3PS/c1-2-7-6(12(9,10)11)3-5(8)4-13-7/h5-7H,2-4,8H2,1H3,(H2,9,10,11). The molecule has 13 heavy (non-hydrogen) atoms. The van der Waals surface area contributed by atoms with Crippen LogP contribution in [0, 0.1) is 0 Å². The first-order chi connectivity index (χ1) is 5.95. The summed E-state index contributed by atoms with van der Waals surface area (Å²) in [6, 6.07) is -0.0644. The van der Waals surface area contributed by atoms with E-state index in [4.69, 9.17) is 15.5 Å². The highest BCUT2D eigenvalue weighted by molar-refractivity contribution is 8.00. The molecule has 1 aliphatic heterocycles. The van der Waals surface area contributed by atoms with Gasteiger partial charge in [-0.05, 0) is 12.8 Å². The average molecular weight is 225 g/mol. The number of thioether (sulfide) groups is 1. The third kappa shape index (κ3) is 2.96. The van der Waals surface area contributed by atoms with Gasteiger partial charge in [-0.1, -0.05) is 6.92 Å². The van der Waals surface area contributed by atoms with Gasteiger partial charge in [0.25, 0.3) is 0 Å². The minimum atomic E-state index is -3.95. The summed E-state index contributed by atoms with van der Waals surface area (Å²) in [4.78, 5) is 18.2. The molecule has 78 valence electrons. The molecule has 0 amide bonds. The zero-order valence-corrected chi connectivity index (χ0v) is 9.30. The largest absolute Gasteiger partial charge is 0.329 e. The molecule has 0 bridgehead atoms. The topological polar surface area (TPSA) is 83.6 Å². The molecule has 0 aromatic heterocycles. The van der Waals surface area contributed by atoms with Crippen LogP contribution in [-0.2, 0) is 4.57 Å². The summed E-state index contributed by atoms with van der Waals surface area (Å²) in [7, 11) is -3.95. The molecule has 1 saturated heterocycles. The Bertz CT molecular complexity index is 220. The second-order valence-corrected chi connectivity index (χ2v) is 6.55. The molecule has 3 atom stereocenters. The summed E-state index contributed by atoms with van der Waals surface area (Å²) in [6.45, 7) is 1.96. The third-order valence-corrected chi connectivity index (χ3v) is 5.68. The molecule has 0 radical (unpaired) electrons. The summed E-state index contributed by atoms with van der Waals surface area (Å²) in [5.41, 5.74) is 5.14. The van der Waals surface area contributed by atoms with Crippen molar-refractivity contribution in [2.45, 2.75) is 36.7 Å². The smallest absolute Gasteiger partial charge is 0.327 e. The number of nitrogens with two attached hydrogens (primary N) is 1. The van der Waals surface area contributed by atoms with E-state index in [1.807, 2.05) is 6.92 Å². The molecule has 0 spiro atoms. The lowest BCUT2D eigenvalue weighted by Gasteiger charge is -2.33. The molecule has 1 heterocycles. The summed E-state index contributed by atoms with van der Waals surface area (Å²) >= 11 is 1.59. The Morgan fingerprint density at radius 1 is 1.62 bits per heavy atom. The highest BCUT2D eigenvalue weighted by Gasteiger charge is 2.39. The van der Waals surface area contributed by atoms with Gasteiger partial charge in [-0.25, -0.2) is 0 Å². The summed E-state index contributed by atoms with van der Waals surface area (Å²) in [6.07, 6.45) is 1.25. The number of hydrogen-bond donors (Lipinski definition) is 3. The monoisotopic (exact) mass is 225 g/mol. The fourth-order valence-corrected chi connectivity index (χ4v) is 4.75. The van der Waals surface area contributed by atoms with E-state index < -0.39 is 13.3 Å². The van der Waals surface area contributed by atoms with Crippen LogP contribution in [0.2, 0.25) is 0 Å². The van der Waals surface area contributed by atoms with Crippen LogP contribution in [0.4, 0.5) is 0 Å². The first-order valence-corrected chi connectivity index (χ1v) is 7.10. The van der Waals surface area contributed by atoms with Crippen molar-refractivity contribution >= 4 is 19.4 Å². The van der Waals surface area contributed by atoms with Crippen LogP contribution in [0.3, 0.4) is 0 Å². The Morgan fingerprint density at radius 2 is 2.23 bits per heavy atom. The van der Waals surface area contributed by atoms with Gasteiger partial charge >= 0.3 is 7.60 Å². The van der Waals surface area contributed by atoms with Gasteiger partial charge < -0.3 is 15.5 Å². The first kappa shape index (κ1) is 11.5. The van der Waals surface area contributed by atoms with E-state index in [1.54, 1.807) is 11.8 Å². The van der Waals surface area contributed by atoms with Crippen LogP contribution in [0.15, 0.2) is 0 Å². The van der Waals surface area contributed by atoms with Gasteiger partial charge in [0.15, 0.2) is 0 Å². The SMILES string of the molecule is CCC1SCC(N)CC1P(=O)(O)O. The van der Waals surface area contributed by atoms with Crippen molar-refractivity contribution in [3.63, 3.8) is 0 Å². The van der Waals surface area contributed by atoms with Crippen molar-refractivity contribution in [1.29, 1.82) is 0 Å². The van der Waals surface area contributed by atoms with Crippen LogP contribution in [-0.4, -0.2) is 32.5 Å². The van der Waals surface area contributed by atoms with Gasteiger partial charge in [0.05, 0.1) is 5.66 Å². The maximum Gasteiger partial charge on any atom is 0.329 e. The Kier molecular flexibility index (Phi) is 3.83. The van der Waals surface area contributed by atoms with E-state index in [1.165, 1.54) is 0 Å². The van der Waals surface area contributed by atoms with E-state index in [-0.39, 0.29) is 11.3 Å². The van der Waals surface area contributed by atoms with Crippen molar-refractivity contribution in [3.05, 3.63) is 0 Å². The van der Waals surface area contributed by atoms with E-state index in [0.717, 1.165) is 12.2 Å². The predicted octanol–water partition coefficient (Wildman–Crippen LogP) is 0.775. The molecule has 0 aromatic rings. The second kappa shape index (κ2) is 4.32. The minimum absolute atomic E-state index is 0.0644. The normalized spacial score (nSPS) is 36.2. The Labute approximate surface area is 82.4 Å². The number of rotatable bonds is 2. The summed E-state index contributed by atoms with van der Waals surface area (Å²) in [5, 5.41) is 0.0700. The fraction of sp³-hybridized carbons (Fsp3) is 1.00. The number of hydrogen-bond acceptors (Lipinski definition) is 3. The molecular formula is C7H16NO3PS. The zero-order chi connectivity index (χ0) is 10.1. The summed E-state index contributed by atoms with van der Waals surface area (Å²) < 4.78 is 11.1. The molecule has 4 N–H and O–H groups in total. The maximum atomic E-state index is 11.1. The highest BCUT2D eigenvalue weighted by Crippen LogP contribution is 2.50. The van der Waals surface area contributed by atoms with Gasteiger partial charge in [-0.15, -0.1) is 0 Å². The van der Waals surface area contributed by atoms with Crippen molar-refractivity contribution in [3.8, 4) is 0 Å². The lowest BCUT2D eigenvalue weighted by Crippen LogP contribution is -2.39. The van der Waals surface area contributed by atoms with Crippen LogP contribution >= 0.6 is 19.4 Å². The second-order valence-electron chi connectivity index (χ2n) is 3.43. The lowest BCUT2D eigenvalue weighted by molar-refractivity contribution is 0.346. The summed E-state index contributed by atoms with van der Waals surface area (Å²) in [5.74, 6) is 0.814. The van der Waals surface area contributed by atoms with Gasteiger partial charge in [0.2, 0.25) is 0 Å². The predicted molar refractivity (Wildman–Crippen MR) is 55.0 cm³/mol. The minimum Gasteiger partial charge on any atom is -0.327 e. The van der Waals surface area contributed by atoms with Crippen molar-refractivity contribution < 1.29 is 14.4 Å². The van der Waals surface area contributed by atoms with Gasteiger partial charge in [0, 0.05) is 17.0 Å². The maximum absolute atomic E-state index is 11.1. The van der Waals surface area contributed by atoms with Crippen molar-refractivity contribution in [2.75, 3.05) is 5.75 Å². The molecule has 0 saturated carbocycles. The van der Waals surface area contributed by atoms with Crippen LogP contribution < -0.4 is 5.73 Å². The van der Waals surface area contributed by atoms with E-state index in [9.17, 15) is 4.57 Å². The van der Waals surface area contributed by atoms with E-state index in [2.05, 4.69) is 0 Å². The van der Waals surface area contributed by atoms with Crippen molar-refractivity contribution in [1.82, 2.24) is 0 Å². The molecule has 0 aliphatic carbocycles. The van der Waals surface area contributed by atoms with Crippen LogP contribution in [0.1, 0.15) is 19.8 Å². The third-order valence-electron chi connectivity index (χ3n) is 2.33. The lowest BCUT2D eigenvalue weighted by atomic mass is 10.1. The molecule has 3 unspecified atom stereocenters. The van der Waals surface area contributed by atoms with Crippen molar-refractivity contribution in [2.24, 2.45) is 5.73 Å². The quantitative estimate of drug-likeness (QED) is 0.605. The highest BCUT2D eigenvalue weighted by atomic mass is 32.2. The molecular weight excluding hydrogens is 209 g/mol. The van der Waals surface area contributed by atoms with Gasteiger partial charge in [0.1, 0.15) is 0 Å². The van der Waals surface area contributed by atoms with Crippen LogP contribution in [0.25, 0.3) is 0 Å². The van der Waals surface area contributed by atoms with Gasteiger partial charge in [-0.2, -0.15) is 11.8 Å². The Balaban J connectivity index is 2.71. The van der Waals surface area contributed by atoms with Gasteiger partial charge in [-0.3, -0.25) is 4.57 Å². The molecule has 6 heteroatoms. The molecule has 4 nitrogen and oxygen atoms in total. The van der Waals surface area contributed by atoms with E-state index >= 15 is 0 Å². The first-order valence-electron chi connectivity index (χ1n) is 4.37. The van der Waals surface area contributed by atoms with Crippen LogP contribution in [0.5, 0.6) is 0 Å². The molecule has 0 aromatic carbocycles. The van der Waals surface area contributed by atoms with E-state index in [0.29, 0.717) is 6.42 Å². The fourth-order valence-electron chi connectivity index (χ4n) is 1.63. The zero-order valence-electron chi connectivity index (χ0n) is 7.59. The Hall–Kier alpha value is 0.460. The molecule has 1 fully saturated rings.